The molecule has 1 aliphatic rings. The molecular weight excluding hydrogens is 274 g/mol. The summed E-state index contributed by atoms with van der Waals surface area (Å²) in [4.78, 5) is 14.5. The predicted molar refractivity (Wildman–Crippen MR) is 91.8 cm³/mol. The Morgan fingerprint density at radius 2 is 2.18 bits per heavy atom. The summed E-state index contributed by atoms with van der Waals surface area (Å²) in [5.74, 6) is -0.0375. The number of nitrogens with one attached hydrogen (secondary N) is 1. The Morgan fingerprint density at radius 1 is 1.36 bits per heavy atom. The van der Waals surface area contributed by atoms with Crippen LogP contribution in [0.2, 0.25) is 0 Å². The van der Waals surface area contributed by atoms with Gasteiger partial charge in [0.2, 0.25) is 0 Å². The number of nitrogen functional groups attached to an aromatic ring is 1. The molecule has 0 bridgehead atoms. The molecule has 0 radical (unpaired) electrons. The quantitative estimate of drug-likeness (QED) is 0.794. The number of carbonyl (C=O) groups excluding carboxylic acids is 1. The maximum Gasteiger partial charge on any atom is 0.251 e. The van der Waals surface area contributed by atoms with Gasteiger partial charge < -0.3 is 11.1 Å². The number of hydrogen-bond acceptors (Lipinski definition) is 3. The van der Waals surface area contributed by atoms with Crippen LogP contribution in [0.1, 0.15) is 61.9 Å². The minimum Gasteiger partial charge on any atom is -0.398 e. The molecule has 1 atom stereocenters. The van der Waals surface area contributed by atoms with E-state index in [1.54, 1.807) is 0 Å². The fourth-order valence-electron chi connectivity index (χ4n) is 3.17. The van der Waals surface area contributed by atoms with Crippen molar-refractivity contribution >= 4 is 11.6 Å². The highest BCUT2D eigenvalue weighted by molar-refractivity contribution is 5.95. The minimum atomic E-state index is -0.0375. The molecule has 1 aromatic carbocycles. The lowest BCUT2D eigenvalue weighted by Gasteiger charge is -2.35. The first-order valence-corrected chi connectivity index (χ1v) is 8.56. The highest BCUT2D eigenvalue weighted by Crippen LogP contribution is 2.24. The third kappa shape index (κ3) is 4.23. The molecule has 1 fully saturated rings. The van der Waals surface area contributed by atoms with Crippen LogP contribution in [0.25, 0.3) is 0 Å². The van der Waals surface area contributed by atoms with E-state index in [2.05, 4.69) is 17.1 Å². The van der Waals surface area contributed by atoms with Gasteiger partial charge in [-0.2, -0.15) is 0 Å². The van der Waals surface area contributed by atoms with Gasteiger partial charge in [-0.1, -0.05) is 26.3 Å². The van der Waals surface area contributed by atoms with Crippen molar-refractivity contribution < 1.29 is 4.79 Å². The molecule has 122 valence electrons. The van der Waals surface area contributed by atoms with E-state index in [1.807, 2.05) is 25.1 Å². The summed E-state index contributed by atoms with van der Waals surface area (Å²) in [6, 6.07) is 6.38. The zero-order valence-corrected chi connectivity index (χ0v) is 13.9. The van der Waals surface area contributed by atoms with Crippen LogP contribution in [-0.2, 0) is 6.54 Å². The highest BCUT2D eigenvalue weighted by Gasteiger charge is 2.21. The van der Waals surface area contributed by atoms with Gasteiger partial charge in [-0.25, -0.2) is 0 Å². The Balaban J connectivity index is 2.04. The number of rotatable bonds is 6. The van der Waals surface area contributed by atoms with Gasteiger partial charge >= 0.3 is 0 Å². The summed E-state index contributed by atoms with van der Waals surface area (Å²) < 4.78 is 0. The molecule has 1 unspecified atom stereocenters. The third-order valence-corrected chi connectivity index (χ3v) is 4.54. The zero-order chi connectivity index (χ0) is 15.9. The normalized spacial score (nSPS) is 19.1. The van der Waals surface area contributed by atoms with E-state index in [0.717, 1.165) is 30.8 Å². The molecule has 1 heterocycles. The van der Waals surface area contributed by atoms with Crippen molar-refractivity contribution in [3.05, 3.63) is 29.3 Å². The number of anilines is 1. The van der Waals surface area contributed by atoms with Gasteiger partial charge in [0, 0.05) is 30.4 Å². The molecule has 2 rings (SSSR count). The van der Waals surface area contributed by atoms with Crippen LogP contribution in [0.3, 0.4) is 0 Å². The van der Waals surface area contributed by atoms with E-state index in [4.69, 9.17) is 5.73 Å². The van der Waals surface area contributed by atoms with Gasteiger partial charge in [-0.3, -0.25) is 9.69 Å². The lowest BCUT2D eigenvalue weighted by atomic mass is 9.98. The SMILES string of the molecule is CCCNC(=O)c1ccc(CN2CCCCC2CC)c(N)c1. The third-order valence-electron chi connectivity index (χ3n) is 4.54. The van der Waals surface area contributed by atoms with E-state index in [0.29, 0.717) is 18.2 Å². The molecule has 1 saturated heterocycles. The molecule has 0 spiro atoms. The molecule has 22 heavy (non-hydrogen) atoms. The molecule has 4 nitrogen and oxygen atoms in total. The second-order valence-corrected chi connectivity index (χ2v) is 6.20. The van der Waals surface area contributed by atoms with Crippen LogP contribution in [-0.4, -0.2) is 29.9 Å². The van der Waals surface area contributed by atoms with Crippen molar-refractivity contribution in [1.29, 1.82) is 0 Å². The smallest absolute Gasteiger partial charge is 0.251 e. The van der Waals surface area contributed by atoms with Crippen molar-refractivity contribution in [2.45, 2.75) is 58.5 Å². The second-order valence-electron chi connectivity index (χ2n) is 6.20. The molecule has 0 aliphatic carbocycles. The molecule has 4 heteroatoms. The van der Waals surface area contributed by atoms with Crippen molar-refractivity contribution in [3.63, 3.8) is 0 Å². The molecule has 1 amide bonds. The number of nitrogens with two attached hydrogens (primary N) is 1. The summed E-state index contributed by atoms with van der Waals surface area (Å²) in [5, 5.41) is 2.89. The average molecular weight is 303 g/mol. The maximum atomic E-state index is 12.0. The Labute approximate surface area is 134 Å². The average Bonchev–Trinajstić information content (AvgIpc) is 2.54. The van der Waals surface area contributed by atoms with Gasteiger partial charge in [-0.05, 0) is 49.9 Å². The monoisotopic (exact) mass is 303 g/mol. The fraction of sp³-hybridized carbons (Fsp3) is 0.611. The standard InChI is InChI=1S/C18H29N3O/c1-3-10-20-18(22)14-8-9-15(17(19)12-14)13-21-11-6-5-7-16(21)4-2/h8-9,12,16H,3-7,10-11,13,19H2,1-2H3,(H,20,22). The lowest BCUT2D eigenvalue weighted by Crippen LogP contribution is -2.38. The molecule has 3 N–H and O–H groups in total. The van der Waals surface area contributed by atoms with Gasteiger partial charge in [0.25, 0.3) is 5.91 Å². The van der Waals surface area contributed by atoms with Gasteiger partial charge in [0.05, 0.1) is 0 Å². The highest BCUT2D eigenvalue weighted by atomic mass is 16.1. The number of nitrogens with zero attached hydrogens (tertiary/aromatic N) is 1. The Morgan fingerprint density at radius 3 is 2.86 bits per heavy atom. The first-order valence-electron chi connectivity index (χ1n) is 8.56. The number of benzene rings is 1. The van der Waals surface area contributed by atoms with Crippen LogP contribution in [0.15, 0.2) is 18.2 Å². The topological polar surface area (TPSA) is 58.4 Å². The van der Waals surface area contributed by atoms with Crippen LogP contribution >= 0.6 is 0 Å². The largest absolute Gasteiger partial charge is 0.398 e. The van der Waals surface area contributed by atoms with Crippen molar-refractivity contribution in [1.82, 2.24) is 10.2 Å². The van der Waals surface area contributed by atoms with Crippen molar-refractivity contribution in [3.8, 4) is 0 Å². The molecule has 0 aromatic heterocycles. The van der Waals surface area contributed by atoms with E-state index in [1.165, 1.54) is 25.7 Å². The number of likely N-dealkylation sites (tertiary alicyclic amines) is 1. The predicted octanol–water partition coefficient (Wildman–Crippen LogP) is 3.17. The van der Waals surface area contributed by atoms with Crippen LogP contribution < -0.4 is 11.1 Å². The number of carbonyl (C=O) groups is 1. The fourth-order valence-corrected chi connectivity index (χ4v) is 3.17. The summed E-state index contributed by atoms with van der Waals surface area (Å²) in [6.45, 7) is 7.04. The Bertz CT molecular complexity index is 501. The van der Waals surface area contributed by atoms with E-state index in [-0.39, 0.29) is 5.91 Å². The minimum absolute atomic E-state index is 0.0375. The van der Waals surface area contributed by atoms with Crippen molar-refractivity contribution in [2.75, 3.05) is 18.8 Å². The maximum absolute atomic E-state index is 12.0. The van der Waals surface area contributed by atoms with Crippen molar-refractivity contribution in [2.24, 2.45) is 0 Å². The van der Waals surface area contributed by atoms with Gasteiger partial charge in [-0.15, -0.1) is 0 Å². The first kappa shape index (κ1) is 16.8. The summed E-state index contributed by atoms with van der Waals surface area (Å²) in [7, 11) is 0. The van der Waals surface area contributed by atoms with Crippen LogP contribution in [0, 0.1) is 0 Å². The van der Waals surface area contributed by atoms with Gasteiger partial charge in [0.15, 0.2) is 0 Å². The first-order chi connectivity index (χ1) is 10.7. The van der Waals surface area contributed by atoms with E-state index in [9.17, 15) is 4.79 Å². The van der Waals surface area contributed by atoms with Gasteiger partial charge in [0.1, 0.15) is 0 Å². The lowest BCUT2D eigenvalue weighted by molar-refractivity contribution is 0.0953. The zero-order valence-electron chi connectivity index (χ0n) is 13.9. The molecule has 1 aliphatic heterocycles. The molecule has 1 aromatic rings. The summed E-state index contributed by atoms with van der Waals surface area (Å²) in [6.07, 6.45) is 6.02. The molecular formula is C18H29N3O. The molecule has 0 saturated carbocycles. The summed E-state index contributed by atoms with van der Waals surface area (Å²) in [5.41, 5.74) is 8.70. The summed E-state index contributed by atoms with van der Waals surface area (Å²) >= 11 is 0. The van der Waals surface area contributed by atoms with E-state index >= 15 is 0 Å². The van der Waals surface area contributed by atoms with Crippen LogP contribution in [0.5, 0.6) is 0 Å². The van der Waals surface area contributed by atoms with Crippen LogP contribution in [0.4, 0.5) is 5.69 Å². The second kappa shape index (κ2) is 8.18. The van der Waals surface area contributed by atoms with E-state index < -0.39 is 0 Å². The number of amides is 1. The Kier molecular flexibility index (Phi) is 6.25. The number of piperidine rings is 1. The number of hydrogen-bond donors (Lipinski definition) is 2. The Hall–Kier alpha value is -1.55.